The number of hydrogen-bond acceptors (Lipinski definition) is 5. The van der Waals surface area contributed by atoms with Crippen molar-refractivity contribution in [3.05, 3.63) is 35.2 Å². The van der Waals surface area contributed by atoms with Crippen molar-refractivity contribution in [2.24, 2.45) is 5.73 Å². The number of hydrogen-bond donors (Lipinski definition) is 1. The van der Waals surface area contributed by atoms with E-state index in [-0.39, 0.29) is 6.04 Å². The molecule has 2 aromatic rings. The molecule has 0 saturated carbocycles. The van der Waals surface area contributed by atoms with Gasteiger partial charge in [0.1, 0.15) is 0 Å². The van der Waals surface area contributed by atoms with Gasteiger partial charge in [-0.15, -0.1) is 5.10 Å². The lowest BCUT2D eigenvalue weighted by Gasteiger charge is -2.12. The summed E-state index contributed by atoms with van der Waals surface area (Å²) in [7, 11) is 3.26. The van der Waals surface area contributed by atoms with Crippen LogP contribution in [0.4, 0.5) is 0 Å². The van der Waals surface area contributed by atoms with Gasteiger partial charge in [0, 0.05) is 0 Å². The molecule has 21 heavy (non-hydrogen) atoms. The molecule has 1 atom stereocenters. The minimum atomic E-state index is -0.0646. The summed E-state index contributed by atoms with van der Waals surface area (Å²) in [6.07, 6.45) is 2.73. The van der Waals surface area contributed by atoms with E-state index in [0.29, 0.717) is 12.3 Å². The molecule has 6 heteroatoms. The largest absolute Gasteiger partial charge is 0.493 e. The molecule has 0 aliphatic carbocycles. The average Bonchev–Trinajstić information content (AvgIpc) is 2.96. The SMILES string of the molecule is CCC(N)c1cn(Cc2cc(OC)c(OC)cc2C)nn1. The van der Waals surface area contributed by atoms with Crippen LogP contribution in [0.2, 0.25) is 0 Å². The van der Waals surface area contributed by atoms with Crippen molar-refractivity contribution >= 4 is 0 Å². The number of aromatic nitrogens is 3. The van der Waals surface area contributed by atoms with Gasteiger partial charge in [-0.3, -0.25) is 0 Å². The van der Waals surface area contributed by atoms with Gasteiger partial charge in [0.15, 0.2) is 11.5 Å². The Balaban J connectivity index is 2.25. The van der Waals surface area contributed by atoms with Gasteiger partial charge in [0.2, 0.25) is 0 Å². The Morgan fingerprint density at radius 2 is 1.90 bits per heavy atom. The average molecular weight is 290 g/mol. The fourth-order valence-electron chi connectivity index (χ4n) is 2.14. The summed E-state index contributed by atoms with van der Waals surface area (Å²) >= 11 is 0. The number of aryl methyl sites for hydroxylation is 1. The molecule has 1 aromatic heterocycles. The molecule has 0 aliphatic rings. The molecule has 0 aliphatic heterocycles. The normalized spacial score (nSPS) is 12.2. The van der Waals surface area contributed by atoms with Gasteiger partial charge >= 0.3 is 0 Å². The Hall–Kier alpha value is -2.08. The zero-order valence-corrected chi connectivity index (χ0v) is 13.0. The second kappa shape index (κ2) is 6.58. The number of ether oxygens (including phenoxy) is 2. The highest BCUT2D eigenvalue weighted by molar-refractivity contribution is 5.47. The van der Waals surface area contributed by atoms with Gasteiger partial charge in [0.05, 0.1) is 38.7 Å². The Morgan fingerprint density at radius 3 is 2.52 bits per heavy atom. The van der Waals surface area contributed by atoms with Crippen LogP contribution in [0.5, 0.6) is 11.5 Å². The molecule has 1 aromatic carbocycles. The lowest BCUT2D eigenvalue weighted by Crippen LogP contribution is -2.09. The van der Waals surface area contributed by atoms with Crippen molar-refractivity contribution in [3.63, 3.8) is 0 Å². The maximum absolute atomic E-state index is 5.96. The van der Waals surface area contributed by atoms with Crippen LogP contribution >= 0.6 is 0 Å². The molecule has 114 valence electrons. The van der Waals surface area contributed by atoms with E-state index < -0.39 is 0 Å². The van der Waals surface area contributed by atoms with Crippen LogP contribution in [0.3, 0.4) is 0 Å². The molecule has 0 amide bonds. The zero-order valence-electron chi connectivity index (χ0n) is 13.0. The first kappa shape index (κ1) is 15.3. The van der Waals surface area contributed by atoms with Crippen molar-refractivity contribution in [3.8, 4) is 11.5 Å². The van der Waals surface area contributed by atoms with E-state index in [1.165, 1.54) is 0 Å². The van der Waals surface area contributed by atoms with E-state index in [4.69, 9.17) is 15.2 Å². The third kappa shape index (κ3) is 3.33. The third-order valence-electron chi connectivity index (χ3n) is 3.55. The lowest BCUT2D eigenvalue weighted by molar-refractivity contribution is 0.354. The minimum absolute atomic E-state index is 0.0646. The Kier molecular flexibility index (Phi) is 4.80. The summed E-state index contributed by atoms with van der Waals surface area (Å²) in [4.78, 5) is 0. The van der Waals surface area contributed by atoms with E-state index in [9.17, 15) is 0 Å². The van der Waals surface area contributed by atoms with Crippen LogP contribution in [-0.2, 0) is 6.54 Å². The molecule has 1 heterocycles. The van der Waals surface area contributed by atoms with Crippen LogP contribution < -0.4 is 15.2 Å². The zero-order chi connectivity index (χ0) is 15.4. The van der Waals surface area contributed by atoms with Gasteiger partial charge in [-0.25, -0.2) is 4.68 Å². The summed E-state index contributed by atoms with van der Waals surface area (Å²) < 4.78 is 12.4. The number of nitrogens with two attached hydrogens (primary N) is 1. The monoisotopic (exact) mass is 290 g/mol. The number of benzene rings is 1. The molecular weight excluding hydrogens is 268 g/mol. The molecule has 0 saturated heterocycles. The van der Waals surface area contributed by atoms with Gasteiger partial charge in [-0.05, 0) is 36.6 Å². The molecule has 0 spiro atoms. The molecule has 2 rings (SSSR count). The van der Waals surface area contributed by atoms with Gasteiger partial charge in [0.25, 0.3) is 0 Å². The Labute approximate surface area is 124 Å². The fraction of sp³-hybridized carbons (Fsp3) is 0.467. The second-order valence-corrected chi connectivity index (χ2v) is 4.99. The van der Waals surface area contributed by atoms with Crippen LogP contribution in [0, 0.1) is 6.92 Å². The molecule has 6 nitrogen and oxygen atoms in total. The second-order valence-electron chi connectivity index (χ2n) is 4.99. The minimum Gasteiger partial charge on any atom is -0.493 e. The molecule has 0 fully saturated rings. The van der Waals surface area contributed by atoms with Crippen molar-refractivity contribution in [1.82, 2.24) is 15.0 Å². The van der Waals surface area contributed by atoms with Crippen molar-refractivity contribution in [2.45, 2.75) is 32.9 Å². The topological polar surface area (TPSA) is 75.2 Å². The summed E-state index contributed by atoms with van der Waals surface area (Å²) in [5.41, 5.74) is 9.00. The Bertz CT molecular complexity index is 610. The van der Waals surface area contributed by atoms with Gasteiger partial charge < -0.3 is 15.2 Å². The van der Waals surface area contributed by atoms with E-state index in [1.807, 2.05) is 32.2 Å². The summed E-state index contributed by atoms with van der Waals surface area (Å²) in [6, 6.07) is 3.87. The van der Waals surface area contributed by atoms with Crippen molar-refractivity contribution in [2.75, 3.05) is 14.2 Å². The maximum atomic E-state index is 5.96. The van der Waals surface area contributed by atoms with Crippen molar-refractivity contribution in [1.29, 1.82) is 0 Å². The van der Waals surface area contributed by atoms with Crippen LogP contribution in [0.25, 0.3) is 0 Å². The molecule has 2 N–H and O–H groups in total. The quantitative estimate of drug-likeness (QED) is 0.881. The lowest BCUT2D eigenvalue weighted by atomic mass is 10.1. The van der Waals surface area contributed by atoms with Crippen LogP contribution in [0.15, 0.2) is 18.3 Å². The fourth-order valence-corrected chi connectivity index (χ4v) is 2.14. The highest BCUT2D eigenvalue weighted by Crippen LogP contribution is 2.30. The predicted molar refractivity (Wildman–Crippen MR) is 80.6 cm³/mol. The Morgan fingerprint density at radius 1 is 1.24 bits per heavy atom. The summed E-state index contributed by atoms with van der Waals surface area (Å²) in [6.45, 7) is 4.69. The van der Waals surface area contributed by atoms with Gasteiger partial charge in [-0.1, -0.05) is 12.1 Å². The molecule has 0 bridgehead atoms. The van der Waals surface area contributed by atoms with Crippen LogP contribution in [-0.4, -0.2) is 29.2 Å². The van der Waals surface area contributed by atoms with E-state index in [2.05, 4.69) is 10.3 Å². The van der Waals surface area contributed by atoms with E-state index >= 15 is 0 Å². The highest BCUT2D eigenvalue weighted by atomic mass is 16.5. The smallest absolute Gasteiger partial charge is 0.161 e. The summed E-state index contributed by atoms with van der Waals surface area (Å²) in [5, 5.41) is 8.26. The molecule has 1 unspecified atom stereocenters. The van der Waals surface area contributed by atoms with Gasteiger partial charge in [-0.2, -0.15) is 0 Å². The predicted octanol–water partition coefficient (Wildman–Crippen LogP) is 2.06. The third-order valence-corrected chi connectivity index (χ3v) is 3.55. The number of rotatable bonds is 6. The van der Waals surface area contributed by atoms with Crippen LogP contribution in [0.1, 0.15) is 36.2 Å². The molecular formula is C15H22N4O2. The van der Waals surface area contributed by atoms with E-state index in [1.54, 1.807) is 18.9 Å². The van der Waals surface area contributed by atoms with Crippen molar-refractivity contribution < 1.29 is 9.47 Å². The molecule has 0 radical (unpaired) electrons. The summed E-state index contributed by atoms with van der Waals surface area (Å²) in [5.74, 6) is 1.44. The first-order valence-electron chi connectivity index (χ1n) is 6.96. The number of nitrogens with zero attached hydrogens (tertiary/aromatic N) is 3. The first-order valence-corrected chi connectivity index (χ1v) is 6.96. The maximum Gasteiger partial charge on any atom is 0.161 e. The first-order chi connectivity index (χ1) is 10.1. The standard InChI is InChI=1S/C15H22N4O2/c1-5-12(16)13-9-19(18-17-13)8-11-7-15(21-4)14(20-3)6-10(11)2/h6-7,9,12H,5,8,16H2,1-4H3. The van der Waals surface area contributed by atoms with E-state index in [0.717, 1.165) is 29.0 Å². The highest BCUT2D eigenvalue weighted by Gasteiger charge is 2.12. The number of methoxy groups -OCH3 is 2.